The SMILES string of the molecule is NS(=O)(=O)c1cc(C(CS)c2ccc(P(=O)(O)O)c(Br)c2)ccc1Cl. The van der Waals surface area contributed by atoms with E-state index in [4.69, 9.17) is 16.7 Å². The van der Waals surface area contributed by atoms with Crippen molar-refractivity contribution in [2.24, 2.45) is 5.14 Å². The molecule has 0 fully saturated rings. The van der Waals surface area contributed by atoms with Crippen LogP contribution in [0, 0.1) is 0 Å². The van der Waals surface area contributed by atoms with Gasteiger partial charge < -0.3 is 9.79 Å². The Kier molecular flexibility index (Phi) is 6.44. The summed E-state index contributed by atoms with van der Waals surface area (Å²) in [6.45, 7) is 0. The molecule has 0 saturated heterocycles. The molecule has 0 amide bonds. The first-order valence-electron chi connectivity index (χ1n) is 6.74. The first-order valence-corrected chi connectivity index (χ1v) is 11.7. The molecule has 0 aliphatic carbocycles. The lowest BCUT2D eigenvalue weighted by molar-refractivity contribution is 0.387. The molecular formula is C14H14BrClNO5PS2. The molecule has 1 unspecified atom stereocenters. The Bertz CT molecular complexity index is 964. The Balaban J connectivity index is 2.55. The van der Waals surface area contributed by atoms with Crippen LogP contribution in [-0.2, 0) is 14.6 Å². The molecule has 136 valence electrons. The summed E-state index contributed by atoms with van der Waals surface area (Å²) < 4.78 is 35.0. The Morgan fingerprint density at radius 1 is 1.20 bits per heavy atom. The highest BCUT2D eigenvalue weighted by atomic mass is 79.9. The quantitative estimate of drug-likeness (QED) is 0.383. The van der Waals surface area contributed by atoms with Crippen molar-refractivity contribution in [2.45, 2.75) is 10.8 Å². The van der Waals surface area contributed by atoms with Gasteiger partial charge in [0.1, 0.15) is 4.90 Å². The Labute approximate surface area is 164 Å². The summed E-state index contributed by atoms with van der Waals surface area (Å²) in [5.74, 6) is -0.00358. The van der Waals surface area contributed by atoms with E-state index in [1.54, 1.807) is 18.2 Å². The zero-order valence-corrected chi connectivity index (χ0v) is 17.5. The fourth-order valence-electron chi connectivity index (χ4n) is 2.33. The number of primary sulfonamides is 1. The van der Waals surface area contributed by atoms with E-state index in [-0.39, 0.29) is 25.6 Å². The number of halogens is 2. The van der Waals surface area contributed by atoms with Gasteiger partial charge in [0.25, 0.3) is 0 Å². The third-order valence-corrected chi connectivity index (χ3v) is 7.27. The van der Waals surface area contributed by atoms with Crippen LogP contribution in [0.25, 0.3) is 0 Å². The van der Waals surface area contributed by atoms with Crippen LogP contribution in [0.15, 0.2) is 45.8 Å². The molecule has 0 heterocycles. The lowest BCUT2D eigenvalue weighted by Gasteiger charge is -2.18. The summed E-state index contributed by atoms with van der Waals surface area (Å²) in [6, 6.07) is 8.93. The van der Waals surface area contributed by atoms with Crippen LogP contribution in [0.1, 0.15) is 17.0 Å². The van der Waals surface area contributed by atoms with Crippen molar-refractivity contribution >= 4 is 63.1 Å². The average molecular weight is 487 g/mol. The molecule has 1 atom stereocenters. The molecule has 0 bridgehead atoms. The third kappa shape index (κ3) is 4.87. The van der Waals surface area contributed by atoms with E-state index in [1.165, 1.54) is 18.2 Å². The third-order valence-electron chi connectivity index (χ3n) is 3.53. The largest absolute Gasteiger partial charge is 0.357 e. The van der Waals surface area contributed by atoms with E-state index in [2.05, 4.69) is 28.6 Å². The Morgan fingerprint density at radius 3 is 2.24 bits per heavy atom. The van der Waals surface area contributed by atoms with Crippen LogP contribution in [0.3, 0.4) is 0 Å². The second-order valence-electron chi connectivity index (χ2n) is 5.22. The monoisotopic (exact) mass is 485 g/mol. The molecule has 2 aromatic carbocycles. The second-order valence-corrected chi connectivity index (χ2v) is 9.95. The summed E-state index contributed by atoms with van der Waals surface area (Å²) in [6.07, 6.45) is 0. The summed E-state index contributed by atoms with van der Waals surface area (Å²) >= 11 is 13.4. The predicted octanol–water partition coefficient (Wildman–Crippen LogP) is 2.61. The molecule has 0 spiro atoms. The summed E-state index contributed by atoms with van der Waals surface area (Å²) in [7, 11) is -8.39. The first kappa shape index (κ1) is 20.9. The summed E-state index contributed by atoms with van der Waals surface area (Å²) in [4.78, 5) is 18.4. The van der Waals surface area contributed by atoms with Gasteiger partial charge in [0.15, 0.2) is 0 Å². The first-order chi connectivity index (χ1) is 11.4. The van der Waals surface area contributed by atoms with Gasteiger partial charge >= 0.3 is 7.60 Å². The van der Waals surface area contributed by atoms with Gasteiger partial charge in [-0.2, -0.15) is 12.6 Å². The molecule has 2 rings (SSSR count). The van der Waals surface area contributed by atoms with E-state index in [9.17, 15) is 22.8 Å². The minimum absolute atomic E-state index is 0.0159. The number of thiol groups is 1. The van der Waals surface area contributed by atoms with Gasteiger partial charge in [-0.1, -0.05) is 23.7 Å². The number of hydrogen-bond acceptors (Lipinski definition) is 4. The normalized spacial score (nSPS) is 13.7. The van der Waals surface area contributed by atoms with Gasteiger partial charge in [-0.25, -0.2) is 13.6 Å². The van der Waals surface area contributed by atoms with E-state index < -0.39 is 17.6 Å². The standard InChI is InChI=1S/C14H14BrClNO5PS2/c15-11-5-8(2-4-13(11)23(18,19)20)10(7-24)9-1-3-12(16)14(6-9)25(17,21)22/h1-6,10,24H,7H2,(H2,17,21,22)(H2,18,19,20). The van der Waals surface area contributed by atoms with E-state index in [0.717, 1.165) is 0 Å². The van der Waals surface area contributed by atoms with Crippen molar-refractivity contribution in [3.05, 3.63) is 57.0 Å². The molecule has 4 N–H and O–H groups in total. The fraction of sp³-hybridized carbons (Fsp3) is 0.143. The van der Waals surface area contributed by atoms with Crippen molar-refractivity contribution in [3.63, 3.8) is 0 Å². The van der Waals surface area contributed by atoms with E-state index in [1.807, 2.05) is 0 Å². The molecule has 25 heavy (non-hydrogen) atoms. The van der Waals surface area contributed by atoms with Crippen LogP contribution >= 0.6 is 47.8 Å². The topological polar surface area (TPSA) is 118 Å². The maximum Gasteiger partial charge on any atom is 0.357 e. The highest BCUT2D eigenvalue weighted by Crippen LogP contribution is 2.38. The second kappa shape index (κ2) is 7.70. The Hall–Kier alpha value is -0.380. The van der Waals surface area contributed by atoms with E-state index in [0.29, 0.717) is 16.9 Å². The average Bonchev–Trinajstić information content (AvgIpc) is 2.47. The minimum Gasteiger partial charge on any atom is -0.321 e. The minimum atomic E-state index is -4.40. The highest BCUT2D eigenvalue weighted by molar-refractivity contribution is 9.10. The van der Waals surface area contributed by atoms with Crippen molar-refractivity contribution in [1.29, 1.82) is 0 Å². The van der Waals surface area contributed by atoms with Gasteiger partial charge in [-0.3, -0.25) is 4.57 Å². The maximum atomic E-state index is 11.6. The van der Waals surface area contributed by atoms with Gasteiger partial charge in [-0.15, -0.1) is 0 Å². The van der Waals surface area contributed by atoms with E-state index >= 15 is 0 Å². The van der Waals surface area contributed by atoms with Crippen LogP contribution in [0.4, 0.5) is 0 Å². The lowest BCUT2D eigenvalue weighted by atomic mass is 9.93. The molecule has 0 aliphatic heterocycles. The highest BCUT2D eigenvalue weighted by Gasteiger charge is 2.23. The van der Waals surface area contributed by atoms with Crippen LogP contribution in [-0.4, -0.2) is 24.0 Å². The Morgan fingerprint density at radius 2 is 1.76 bits per heavy atom. The van der Waals surface area contributed by atoms with Gasteiger partial charge in [0, 0.05) is 16.1 Å². The predicted molar refractivity (Wildman–Crippen MR) is 104 cm³/mol. The smallest absolute Gasteiger partial charge is 0.321 e. The molecule has 0 aromatic heterocycles. The van der Waals surface area contributed by atoms with Crippen LogP contribution in [0.5, 0.6) is 0 Å². The number of benzene rings is 2. The molecular weight excluding hydrogens is 473 g/mol. The molecule has 0 radical (unpaired) electrons. The van der Waals surface area contributed by atoms with Gasteiger partial charge in [-0.05, 0) is 51.3 Å². The number of nitrogens with two attached hydrogens (primary N) is 1. The molecule has 0 saturated carbocycles. The summed E-state index contributed by atoms with van der Waals surface area (Å²) in [5, 5.41) is 5.06. The lowest BCUT2D eigenvalue weighted by Crippen LogP contribution is -2.14. The summed E-state index contributed by atoms with van der Waals surface area (Å²) in [5.41, 5.74) is 1.31. The maximum absolute atomic E-state index is 11.6. The van der Waals surface area contributed by atoms with Crippen LogP contribution in [0.2, 0.25) is 5.02 Å². The number of hydrogen-bond donors (Lipinski definition) is 4. The molecule has 11 heteroatoms. The number of sulfonamides is 1. The van der Waals surface area contributed by atoms with Crippen molar-refractivity contribution in [1.82, 2.24) is 0 Å². The number of rotatable bonds is 5. The van der Waals surface area contributed by atoms with Crippen molar-refractivity contribution in [2.75, 3.05) is 5.75 Å². The zero-order chi connectivity index (χ0) is 19.0. The molecule has 2 aromatic rings. The fourth-order valence-corrected chi connectivity index (χ4v) is 5.54. The van der Waals surface area contributed by atoms with Gasteiger partial charge in [0.05, 0.1) is 10.3 Å². The van der Waals surface area contributed by atoms with Crippen LogP contribution < -0.4 is 10.4 Å². The van der Waals surface area contributed by atoms with Crippen molar-refractivity contribution in [3.8, 4) is 0 Å². The van der Waals surface area contributed by atoms with Crippen molar-refractivity contribution < 1.29 is 22.8 Å². The molecule has 0 aliphatic rings. The molecule has 6 nitrogen and oxygen atoms in total. The zero-order valence-electron chi connectivity index (χ0n) is 12.5. The van der Waals surface area contributed by atoms with Gasteiger partial charge in [0.2, 0.25) is 10.0 Å².